The summed E-state index contributed by atoms with van der Waals surface area (Å²) in [7, 11) is 0. The zero-order valence-corrected chi connectivity index (χ0v) is 8.79. The average Bonchev–Trinajstić information content (AvgIpc) is 2.48. The van der Waals surface area contributed by atoms with Crippen LogP contribution in [-0.2, 0) is 9.53 Å². The molecule has 1 unspecified atom stereocenters. The van der Waals surface area contributed by atoms with Crippen LogP contribution >= 0.6 is 0 Å². The highest BCUT2D eigenvalue weighted by molar-refractivity contribution is 5.81. The largest absolute Gasteiger partial charge is 0.434 e. The molecule has 1 aliphatic carbocycles. The number of carbonyl (C=O) groups is 1. The molecule has 1 fully saturated rings. The summed E-state index contributed by atoms with van der Waals surface area (Å²) in [5.41, 5.74) is -0.331. The van der Waals surface area contributed by atoms with Gasteiger partial charge in [0.05, 0.1) is 11.7 Å². The third-order valence-corrected chi connectivity index (χ3v) is 3.51. The summed E-state index contributed by atoms with van der Waals surface area (Å²) in [6.07, 6.45) is 11.1. The quantitative estimate of drug-likeness (QED) is 0.631. The number of carbonyl (C=O) groups excluding carboxylic acids is 1. The fourth-order valence-corrected chi connectivity index (χ4v) is 2.59. The molecule has 2 rings (SSSR count). The van der Waals surface area contributed by atoms with E-state index in [4.69, 9.17) is 4.74 Å². The Morgan fingerprint density at radius 3 is 2.71 bits per heavy atom. The summed E-state index contributed by atoms with van der Waals surface area (Å²) in [4.78, 5) is 11.5. The first-order chi connectivity index (χ1) is 6.71. The fraction of sp³-hybridized carbons (Fsp3) is 0.750. The minimum atomic E-state index is -0.331. The summed E-state index contributed by atoms with van der Waals surface area (Å²) < 4.78 is 4.89. The molecule has 0 aromatic rings. The number of cyclic esters (lactones) is 1. The molecule has 14 heavy (non-hydrogen) atoms. The zero-order valence-electron chi connectivity index (χ0n) is 8.79. The molecule has 1 saturated carbocycles. The predicted molar refractivity (Wildman–Crippen MR) is 54.5 cm³/mol. The first-order valence-electron chi connectivity index (χ1n) is 5.59. The van der Waals surface area contributed by atoms with Gasteiger partial charge in [-0.15, -0.1) is 0 Å². The molecule has 0 saturated heterocycles. The van der Waals surface area contributed by atoms with E-state index in [-0.39, 0.29) is 11.4 Å². The Kier molecular flexibility index (Phi) is 2.62. The molecule has 0 N–H and O–H groups in total. The smallest absolute Gasteiger partial charge is 0.320 e. The van der Waals surface area contributed by atoms with Crippen molar-refractivity contribution in [3.63, 3.8) is 0 Å². The van der Waals surface area contributed by atoms with E-state index in [1.54, 1.807) is 6.26 Å². The topological polar surface area (TPSA) is 26.3 Å². The van der Waals surface area contributed by atoms with Crippen molar-refractivity contribution in [2.24, 2.45) is 11.3 Å². The van der Waals surface area contributed by atoms with Gasteiger partial charge in [0.25, 0.3) is 0 Å². The van der Waals surface area contributed by atoms with Gasteiger partial charge in [0.15, 0.2) is 0 Å². The van der Waals surface area contributed by atoms with Crippen LogP contribution in [0.15, 0.2) is 12.3 Å². The van der Waals surface area contributed by atoms with Gasteiger partial charge in [0.2, 0.25) is 0 Å². The Morgan fingerprint density at radius 1 is 1.43 bits per heavy atom. The van der Waals surface area contributed by atoms with Crippen LogP contribution in [0.1, 0.15) is 45.4 Å². The van der Waals surface area contributed by atoms with Gasteiger partial charge in [-0.05, 0) is 25.3 Å². The standard InChI is InChI=1S/C12H18O2/c1-12(7-8-14-11(12)13)9-10-5-3-2-4-6-10/h7-8,10H,2-6,9H2,1H3. The Labute approximate surface area is 85.3 Å². The molecule has 0 amide bonds. The second kappa shape index (κ2) is 3.76. The minimum absolute atomic E-state index is 0.0666. The highest BCUT2D eigenvalue weighted by Gasteiger charge is 2.38. The molecule has 1 atom stereocenters. The molecular formula is C12H18O2. The van der Waals surface area contributed by atoms with Crippen LogP contribution in [0, 0.1) is 11.3 Å². The van der Waals surface area contributed by atoms with E-state index in [1.165, 1.54) is 32.1 Å². The minimum Gasteiger partial charge on any atom is -0.434 e. The molecule has 2 aliphatic rings. The maximum atomic E-state index is 11.5. The van der Waals surface area contributed by atoms with E-state index in [2.05, 4.69) is 0 Å². The van der Waals surface area contributed by atoms with Crippen molar-refractivity contribution in [2.75, 3.05) is 0 Å². The van der Waals surface area contributed by atoms with Crippen molar-refractivity contribution in [3.8, 4) is 0 Å². The molecule has 2 nitrogen and oxygen atoms in total. The highest BCUT2D eigenvalue weighted by atomic mass is 16.5. The van der Waals surface area contributed by atoms with Gasteiger partial charge in [0, 0.05) is 0 Å². The van der Waals surface area contributed by atoms with Gasteiger partial charge in [-0.2, -0.15) is 0 Å². The molecule has 0 spiro atoms. The van der Waals surface area contributed by atoms with Crippen LogP contribution in [-0.4, -0.2) is 5.97 Å². The molecule has 2 heteroatoms. The fourth-order valence-electron chi connectivity index (χ4n) is 2.59. The van der Waals surface area contributed by atoms with E-state index in [0.29, 0.717) is 0 Å². The second-order valence-electron chi connectivity index (χ2n) is 4.83. The maximum Gasteiger partial charge on any atom is 0.320 e. The van der Waals surface area contributed by atoms with Crippen LogP contribution in [0.3, 0.4) is 0 Å². The van der Waals surface area contributed by atoms with E-state index in [1.807, 2.05) is 13.0 Å². The summed E-state index contributed by atoms with van der Waals surface area (Å²) in [5.74, 6) is 0.659. The first kappa shape index (κ1) is 9.75. The number of hydrogen-bond acceptors (Lipinski definition) is 2. The predicted octanol–water partition coefficient (Wildman–Crippen LogP) is 3.03. The van der Waals surface area contributed by atoms with Gasteiger partial charge < -0.3 is 4.74 Å². The molecule has 78 valence electrons. The molecule has 0 bridgehead atoms. The third kappa shape index (κ3) is 1.84. The van der Waals surface area contributed by atoms with Crippen molar-refractivity contribution in [3.05, 3.63) is 12.3 Å². The Bertz CT molecular complexity index is 251. The molecule has 0 radical (unpaired) electrons. The Balaban J connectivity index is 1.95. The van der Waals surface area contributed by atoms with Crippen molar-refractivity contribution in [1.82, 2.24) is 0 Å². The second-order valence-corrected chi connectivity index (χ2v) is 4.83. The SMILES string of the molecule is CC1(CC2CCCCC2)C=COC1=O. The zero-order chi connectivity index (χ0) is 10.0. The number of hydrogen-bond donors (Lipinski definition) is 0. The average molecular weight is 194 g/mol. The van der Waals surface area contributed by atoms with Gasteiger partial charge >= 0.3 is 5.97 Å². The molecule has 1 heterocycles. The van der Waals surface area contributed by atoms with Crippen molar-refractivity contribution in [1.29, 1.82) is 0 Å². The first-order valence-corrected chi connectivity index (χ1v) is 5.59. The summed E-state index contributed by atoms with van der Waals surface area (Å²) in [6.45, 7) is 1.99. The summed E-state index contributed by atoms with van der Waals surface area (Å²) >= 11 is 0. The van der Waals surface area contributed by atoms with Crippen LogP contribution < -0.4 is 0 Å². The van der Waals surface area contributed by atoms with Crippen LogP contribution in [0.25, 0.3) is 0 Å². The molecule has 0 aromatic carbocycles. The molecule has 0 aromatic heterocycles. The van der Waals surface area contributed by atoms with Crippen LogP contribution in [0.5, 0.6) is 0 Å². The van der Waals surface area contributed by atoms with Crippen molar-refractivity contribution >= 4 is 5.97 Å². The third-order valence-electron chi connectivity index (χ3n) is 3.51. The highest BCUT2D eigenvalue weighted by Crippen LogP contribution is 2.38. The monoisotopic (exact) mass is 194 g/mol. The lowest BCUT2D eigenvalue weighted by Gasteiger charge is -2.27. The Morgan fingerprint density at radius 2 is 2.14 bits per heavy atom. The number of esters is 1. The molecular weight excluding hydrogens is 176 g/mol. The Hall–Kier alpha value is -0.790. The summed E-state index contributed by atoms with van der Waals surface area (Å²) in [6, 6.07) is 0. The summed E-state index contributed by atoms with van der Waals surface area (Å²) in [5, 5.41) is 0. The van der Waals surface area contributed by atoms with Gasteiger partial charge in [-0.1, -0.05) is 32.1 Å². The van der Waals surface area contributed by atoms with Crippen molar-refractivity contribution < 1.29 is 9.53 Å². The number of rotatable bonds is 2. The van der Waals surface area contributed by atoms with E-state index in [9.17, 15) is 4.79 Å². The van der Waals surface area contributed by atoms with Gasteiger partial charge in [-0.3, -0.25) is 4.79 Å². The van der Waals surface area contributed by atoms with Crippen molar-refractivity contribution in [2.45, 2.75) is 45.4 Å². The van der Waals surface area contributed by atoms with Gasteiger partial charge in [0.1, 0.15) is 0 Å². The lowest BCUT2D eigenvalue weighted by atomic mass is 9.76. The number of ether oxygens (including phenoxy) is 1. The van der Waals surface area contributed by atoms with E-state index in [0.717, 1.165) is 12.3 Å². The maximum absolute atomic E-state index is 11.5. The molecule has 1 aliphatic heterocycles. The lowest BCUT2D eigenvalue weighted by molar-refractivity contribution is -0.144. The van der Waals surface area contributed by atoms with Crippen LogP contribution in [0.2, 0.25) is 0 Å². The lowest BCUT2D eigenvalue weighted by Crippen LogP contribution is -2.26. The van der Waals surface area contributed by atoms with Gasteiger partial charge in [-0.25, -0.2) is 0 Å². The van der Waals surface area contributed by atoms with Crippen LogP contribution in [0.4, 0.5) is 0 Å². The van der Waals surface area contributed by atoms with E-state index >= 15 is 0 Å². The van der Waals surface area contributed by atoms with E-state index < -0.39 is 0 Å². The normalized spacial score (nSPS) is 33.4.